The number of aliphatic carboxylic acids is 1. The third-order valence-electron chi connectivity index (χ3n) is 10.2. The summed E-state index contributed by atoms with van der Waals surface area (Å²) in [5.74, 6) is -2.65. The van der Waals surface area contributed by atoms with Gasteiger partial charge in [-0.15, -0.1) is 11.8 Å². The van der Waals surface area contributed by atoms with E-state index in [9.17, 15) is 14.7 Å². The first kappa shape index (κ1) is 39.2. The summed E-state index contributed by atoms with van der Waals surface area (Å²) in [7, 11) is 0. The number of nitrogens with zero attached hydrogens (tertiary/aromatic N) is 1. The first-order chi connectivity index (χ1) is 27.8. The lowest BCUT2D eigenvalue weighted by molar-refractivity contribution is -0.152. The largest absolute Gasteiger partial charge is 0.508 e. The van der Waals surface area contributed by atoms with Crippen molar-refractivity contribution in [1.82, 2.24) is 4.90 Å². The monoisotopic (exact) mass is 791 g/mol. The van der Waals surface area contributed by atoms with Gasteiger partial charge in [0.1, 0.15) is 24.0 Å². The van der Waals surface area contributed by atoms with Gasteiger partial charge >= 0.3 is 12.1 Å². The Morgan fingerprint density at radius 2 is 1.07 bits per heavy atom. The number of benzene rings is 6. The highest BCUT2D eigenvalue weighted by atomic mass is 32.2. The third kappa shape index (κ3) is 7.35. The quantitative estimate of drug-likeness (QED) is 0.0390. The van der Waals surface area contributed by atoms with Gasteiger partial charge in [-0.25, -0.2) is 9.59 Å². The van der Waals surface area contributed by atoms with Crippen molar-refractivity contribution in [2.24, 2.45) is 5.92 Å². The zero-order chi connectivity index (χ0) is 39.8. The van der Waals surface area contributed by atoms with Crippen LogP contribution in [-0.2, 0) is 23.8 Å². The fourth-order valence-electron chi connectivity index (χ4n) is 7.74. The van der Waals surface area contributed by atoms with E-state index in [0.29, 0.717) is 0 Å². The molecule has 1 saturated heterocycles. The van der Waals surface area contributed by atoms with Gasteiger partial charge in [-0.05, 0) is 39.5 Å². The van der Waals surface area contributed by atoms with E-state index in [2.05, 4.69) is 43.0 Å². The number of carboxylic acid groups (broad SMARTS) is 1. The lowest BCUT2D eigenvalue weighted by Crippen LogP contribution is -2.68. The Morgan fingerprint density at radius 1 is 0.702 bits per heavy atom. The number of β-lactam (4-membered cyclic amide) rings is 1. The van der Waals surface area contributed by atoms with Crippen molar-refractivity contribution in [3.63, 3.8) is 0 Å². The first-order valence-electron chi connectivity index (χ1n) is 18.6. The van der Waals surface area contributed by atoms with Gasteiger partial charge in [0.15, 0.2) is 0 Å². The Morgan fingerprint density at radius 3 is 1.42 bits per heavy atom. The van der Waals surface area contributed by atoms with E-state index in [4.69, 9.17) is 9.47 Å². The maximum absolute atomic E-state index is 15.2. The third-order valence-corrected chi connectivity index (χ3v) is 16.3. The molecule has 0 saturated carbocycles. The molecule has 9 heteroatoms. The average Bonchev–Trinajstić information content (AvgIpc) is 3.26. The summed E-state index contributed by atoms with van der Waals surface area (Å²) in [5.41, 5.74) is 2.75. The van der Waals surface area contributed by atoms with Crippen molar-refractivity contribution in [2.45, 2.75) is 23.1 Å². The average molecular weight is 792 g/mol. The van der Waals surface area contributed by atoms with Crippen molar-refractivity contribution >= 4 is 58.0 Å². The number of ether oxygens (including phenoxy) is 2. The molecule has 1 aliphatic heterocycles. The van der Waals surface area contributed by atoms with E-state index in [0.717, 1.165) is 32.6 Å². The van der Waals surface area contributed by atoms with Crippen LogP contribution in [0, 0.1) is 5.92 Å². The highest BCUT2D eigenvalue weighted by Crippen LogP contribution is 2.57. The van der Waals surface area contributed by atoms with Crippen LogP contribution in [0.1, 0.15) is 23.6 Å². The van der Waals surface area contributed by atoms with Gasteiger partial charge < -0.3 is 14.6 Å². The van der Waals surface area contributed by atoms with Crippen LogP contribution in [0.15, 0.2) is 195 Å². The molecule has 3 atom stereocenters. The van der Waals surface area contributed by atoms with Crippen LogP contribution in [0.4, 0.5) is 4.79 Å². The number of carbonyl (C=O) groups excluding carboxylic acids is 2. The number of thioether (sulfide) groups is 1. The molecular formula is C48H42NO6PS. The molecule has 0 spiro atoms. The summed E-state index contributed by atoms with van der Waals surface area (Å²) < 4.78 is 10.0. The number of likely N-dealkylation sites (tertiary alicyclic amines) is 1. The van der Waals surface area contributed by atoms with Crippen molar-refractivity contribution in [1.29, 1.82) is 0 Å². The van der Waals surface area contributed by atoms with E-state index < -0.39 is 47.1 Å². The normalized spacial score (nSPS) is 15.8. The van der Waals surface area contributed by atoms with Crippen LogP contribution in [-0.4, -0.2) is 51.5 Å². The highest BCUT2D eigenvalue weighted by molar-refractivity contribution is 8.01. The van der Waals surface area contributed by atoms with Gasteiger partial charge in [0.25, 0.3) is 0 Å². The van der Waals surface area contributed by atoms with Gasteiger partial charge in [0.2, 0.25) is 5.91 Å². The van der Waals surface area contributed by atoms with Gasteiger partial charge in [-0.1, -0.05) is 195 Å². The fraction of sp³-hybridized carbons (Fsp3) is 0.125. The molecule has 1 fully saturated rings. The smallest absolute Gasteiger partial charge is 0.477 e. The van der Waals surface area contributed by atoms with Gasteiger partial charge in [0, 0.05) is 6.89 Å². The summed E-state index contributed by atoms with van der Waals surface area (Å²) >= 11 is 1.47. The molecular weight excluding hydrogens is 750 g/mol. The second kappa shape index (κ2) is 17.4. The molecule has 6 aromatic carbocycles. The van der Waals surface area contributed by atoms with Gasteiger partial charge in [-0.2, -0.15) is 0 Å². The molecule has 1 heterocycles. The minimum absolute atomic E-state index is 0.0330. The summed E-state index contributed by atoms with van der Waals surface area (Å²) in [4.78, 5) is 44.0. The minimum atomic E-state index is -3.33. The number of carbonyl (C=O) groups is 3. The zero-order valence-electron chi connectivity index (χ0n) is 31.3. The SMILES string of the molecule is C=CCOC(=O)O[C@H](C)[C@H]1C(=O)N(C(C(=O)O)=P(c2ccccc2)(c2ccccc2)c2ccccc2)[C@@H]1SC(c1ccccc1)(c1ccccc1)c1ccccc1. The summed E-state index contributed by atoms with van der Waals surface area (Å²) in [6.45, 7) is 1.88. The van der Waals surface area contributed by atoms with E-state index in [1.165, 1.54) is 22.7 Å². The molecule has 0 radical (unpaired) electrons. The Balaban J connectivity index is 1.56. The lowest BCUT2D eigenvalue weighted by Gasteiger charge is -2.53. The molecule has 1 amide bonds. The molecule has 1 N–H and O–H groups in total. The molecule has 1 aliphatic rings. The van der Waals surface area contributed by atoms with E-state index in [1.807, 2.05) is 146 Å². The van der Waals surface area contributed by atoms with Crippen molar-refractivity contribution in [2.75, 3.05) is 6.61 Å². The van der Waals surface area contributed by atoms with Crippen LogP contribution in [0.5, 0.6) is 0 Å². The second-order valence-corrected chi connectivity index (χ2v) is 18.1. The zero-order valence-corrected chi connectivity index (χ0v) is 33.0. The maximum atomic E-state index is 15.2. The highest BCUT2D eigenvalue weighted by Gasteiger charge is 2.59. The molecule has 7 nitrogen and oxygen atoms in total. The summed E-state index contributed by atoms with van der Waals surface area (Å²) in [5, 5.41) is 13.2. The molecule has 0 aliphatic carbocycles. The summed E-state index contributed by atoms with van der Waals surface area (Å²) in [6.07, 6.45) is -0.500. The predicted octanol–water partition coefficient (Wildman–Crippen LogP) is 8.43. The first-order valence-corrected chi connectivity index (χ1v) is 21.3. The number of rotatable bonds is 14. The molecule has 6 aromatic rings. The van der Waals surface area contributed by atoms with E-state index >= 15 is 4.79 Å². The topological polar surface area (TPSA) is 93.1 Å². The van der Waals surface area contributed by atoms with Gasteiger partial charge in [0.05, 0.1) is 10.1 Å². The lowest BCUT2D eigenvalue weighted by atomic mass is 9.84. The number of carboxylic acids is 1. The second-order valence-electron chi connectivity index (χ2n) is 13.5. The number of amides is 1. The van der Waals surface area contributed by atoms with Crippen LogP contribution in [0.2, 0.25) is 0 Å². The van der Waals surface area contributed by atoms with E-state index in [1.54, 1.807) is 6.92 Å². The van der Waals surface area contributed by atoms with Crippen LogP contribution < -0.4 is 15.9 Å². The minimum Gasteiger partial charge on any atom is -0.477 e. The fourth-order valence-corrected chi connectivity index (χ4v) is 14.1. The Kier molecular flexibility index (Phi) is 11.9. The van der Waals surface area contributed by atoms with E-state index in [-0.39, 0.29) is 12.0 Å². The maximum Gasteiger partial charge on any atom is 0.508 e. The van der Waals surface area contributed by atoms with Gasteiger partial charge in [-0.3, -0.25) is 9.69 Å². The molecule has 0 unspecified atom stereocenters. The van der Waals surface area contributed by atoms with Crippen LogP contribution in [0.25, 0.3) is 0 Å². The summed E-state index contributed by atoms with van der Waals surface area (Å²) in [6, 6.07) is 58.8. The molecule has 0 bridgehead atoms. The molecule has 7 rings (SSSR count). The Hall–Kier alpha value is -6.08. The van der Waals surface area contributed by atoms with Crippen LogP contribution in [0.3, 0.4) is 0 Å². The number of hydrogen-bond acceptors (Lipinski definition) is 6. The van der Waals surface area contributed by atoms with Crippen molar-refractivity contribution in [3.8, 4) is 0 Å². The van der Waals surface area contributed by atoms with Crippen molar-refractivity contribution in [3.05, 3.63) is 211 Å². The molecule has 57 heavy (non-hydrogen) atoms. The molecule has 286 valence electrons. The Labute approximate surface area is 337 Å². The Bertz CT molecular complexity index is 2180. The molecule has 0 aromatic heterocycles. The number of hydrogen-bond donors (Lipinski definition) is 1. The predicted molar refractivity (Wildman–Crippen MR) is 231 cm³/mol. The van der Waals surface area contributed by atoms with Crippen molar-refractivity contribution < 1.29 is 29.0 Å². The van der Waals surface area contributed by atoms with Crippen LogP contribution >= 0.6 is 18.6 Å². The standard InChI is InChI=1S/C48H42NO6PS/c1-3-34-54-47(53)55-35(2)42-43(50)49(45(42)57-48(36-22-10-4-11-23-36,37-24-12-5-13-25-37)38-26-14-6-15-27-38)44(46(51)52)56(39-28-16-7-17-29-39,40-30-18-8-19-31-40)41-32-20-9-21-33-41/h3-33,35,42,45H,1,34H2,2H3,(H,51,52)/t35-,42+,45-/m1/s1.